The number of aliphatic hydroxyl groups excluding tert-OH is 1. The van der Waals surface area contributed by atoms with Crippen LogP contribution in [0.25, 0.3) is 0 Å². The molecule has 0 heterocycles. The molecule has 0 aromatic heterocycles. The summed E-state index contributed by atoms with van der Waals surface area (Å²) in [4.78, 5) is 0. The van der Waals surface area contributed by atoms with Gasteiger partial charge in [-0.1, -0.05) is 12.1 Å². The normalized spacial score (nSPS) is 27.8. The van der Waals surface area contributed by atoms with Crippen LogP contribution in [-0.4, -0.2) is 30.5 Å². The van der Waals surface area contributed by atoms with Crippen molar-refractivity contribution in [2.75, 3.05) is 13.7 Å². The third kappa shape index (κ3) is 2.94. The zero-order chi connectivity index (χ0) is 13.0. The summed E-state index contributed by atoms with van der Waals surface area (Å²) >= 11 is 0. The van der Waals surface area contributed by atoms with Crippen LogP contribution in [0.1, 0.15) is 25.7 Å². The van der Waals surface area contributed by atoms with Crippen molar-refractivity contribution in [1.29, 1.82) is 0 Å². The van der Waals surface area contributed by atoms with Gasteiger partial charge in [-0.25, -0.2) is 0 Å². The lowest BCUT2D eigenvalue weighted by Gasteiger charge is -2.36. The monoisotopic (exact) mass is 251 g/mol. The van der Waals surface area contributed by atoms with Crippen molar-refractivity contribution in [3.8, 4) is 11.5 Å². The van der Waals surface area contributed by atoms with Gasteiger partial charge < -0.3 is 20.3 Å². The fourth-order valence-electron chi connectivity index (χ4n) is 2.48. The van der Waals surface area contributed by atoms with E-state index in [1.165, 1.54) is 0 Å². The average Bonchev–Trinajstić information content (AvgIpc) is 2.39. The molecule has 100 valence electrons. The average molecular weight is 251 g/mol. The summed E-state index contributed by atoms with van der Waals surface area (Å²) in [7, 11) is 1.63. The highest BCUT2D eigenvalue weighted by Crippen LogP contribution is 2.33. The predicted octanol–water partition coefficient (Wildman–Crippen LogP) is 1.71. The van der Waals surface area contributed by atoms with E-state index in [9.17, 15) is 5.11 Å². The fraction of sp³-hybridized carbons (Fsp3) is 0.571. The molecule has 0 spiro atoms. The zero-order valence-electron chi connectivity index (χ0n) is 10.8. The van der Waals surface area contributed by atoms with E-state index in [0.717, 1.165) is 30.8 Å². The smallest absolute Gasteiger partial charge is 0.161 e. The molecule has 0 radical (unpaired) electrons. The number of hydrogen-bond donors (Lipinski definition) is 2. The van der Waals surface area contributed by atoms with E-state index in [-0.39, 0.29) is 12.7 Å². The first-order valence-electron chi connectivity index (χ1n) is 6.36. The Morgan fingerprint density at radius 1 is 1.39 bits per heavy atom. The maximum atomic E-state index is 9.33. The van der Waals surface area contributed by atoms with Crippen LogP contribution in [0.4, 0.5) is 0 Å². The number of para-hydroxylation sites is 2. The van der Waals surface area contributed by atoms with Crippen LogP contribution >= 0.6 is 0 Å². The van der Waals surface area contributed by atoms with Crippen LogP contribution in [-0.2, 0) is 0 Å². The van der Waals surface area contributed by atoms with Crippen molar-refractivity contribution in [1.82, 2.24) is 0 Å². The van der Waals surface area contributed by atoms with Gasteiger partial charge >= 0.3 is 0 Å². The van der Waals surface area contributed by atoms with Crippen molar-refractivity contribution in [2.24, 2.45) is 5.73 Å². The Morgan fingerprint density at radius 2 is 2.11 bits per heavy atom. The Bertz CT molecular complexity index is 396. The Hall–Kier alpha value is -1.26. The van der Waals surface area contributed by atoms with Crippen molar-refractivity contribution in [3.63, 3.8) is 0 Å². The fourth-order valence-corrected chi connectivity index (χ4v) is 2.48. The van der Waals surface area contributed by atoms with Gasteiger partial charge in [0.25, 0.3) is 0 Å². The van der Waals surface area contributed by atoms with Crippen LogP contribution in [0.2, 0.25) is 0 Å². The summed E-state index contributed by atoms with van der Waals surface area (Å²) in [5, 5.41) is 9.33. The number of ether oxygens (including phenoxy) is 2. The molecule has 2 unspecified atom stereocenters. The quantitative estimate of drug-likeness (QED) is 0.855. The molecule has 1 fully saturated rings. The first-order valence-corrected chi connectivity index (χ1v) is 6.36. The van der Waals surface area contributed by atoms with Crippen LogP contribution in [0.15, 0.2) is 24.3 Å². The van der Waals surface area contributed by atoms with Crippen LogP contribution in [0.3, 0.4) is 0 Å². The van der Waals surface area contributed by atoms with Gasteiger partial charge in [0.1, 0.15) is 6.10 Å². The Labute approximate surface area is 108 Å². The van der Waals surface area contributed by atoms with Gasteiger partial charge in [0.15, 0.2) is 11.5 Å². The summed E-state index contributed by atoms with van der Waals surface area (Å²) in [5.74, 6) is 1.47. The summed E-state index contributed by atoms with van der Waals surface area (Å²) in [6.07, 6.45) is 3.54. The molecule has 0 aliphatic heterocycles. The van der Waals surface area contributed by atoms with E-state index in [1.807, 2.05) is 24.3 Å². The first-order chi connectivity index (χ1) is 8.67. The molecule has 1 aliphatic carbocycles. The second-order valence-corrected chi connectivity index (χ2v) is 5.01. The number of aliphatic hydroxyl groups is 1. The second kappa shape index (κ2) is 5.59. The largest absolute Gasteiger partial charge is 0.493 e. The third-order valence-corrected chi connectivity index (χ3v) is 3.51. The van der Waals surface area contributed by atoms with Gasteiger partial charge in [-0.2, -0.15) is 0 Å². The minimum Gasteiger partial charge on any atom is -0.493 e. The zero-order valence-corrected chi connectivity index (χ0v) is 10.8. The molecule has 0 bridgehead atoms. The van der Waals surface area contributed by atoms with Crippen molar-refractivity contribution >= 4 is 0 Å². The summed E-state index contributed by atoms with van der Waals surface area (Å²) < 4.78 is 11.2. The molecule has 0 amide bonds. The molecular formula is C14H21NO3. The van der Waals surface area contributed by atoms with E-state index >= 15 is 0 Å². The van der Waals surface area contributed by atoms with Crippen molar-refractivity contribution in [3.05, 3.63) is 24.3 Å². The van der Waals surface area contributed by atoms with Gasteiger partial charge in [-0.3, -0.25) is 0 Å². The second-order valence-electron chi connectivity index (χ2n) is 5.01. The van der Waals surface area contributed by atoms with Crippen molar-refractivity contribution in [2.45, 2.75) is 37.3 Å². The van der Waals surface area contributed by atoms with Crippen LogP contribution in [0, 0.1) is 0 Å². The van der Waals surface area contributed by atoms with Crippen LogP contribution < -0.4 is 15.2 Å². The first kappa shape index (κ1) is 13.2. The highest BCUT2D eigenvalue weighted by atomic mass is 16.5. The molecule has 2 rings (SSSR count). The van der Waals surface area contributed by atoms with Crippen molar-refractivity contribution < 1.29 is 14.6 Å². The molecule has 1 saturated carbocycles. The van der Waals surface area contributed by atoms with E-state index in [1.54, 1.807) is 7.11 Å². The summed E-state index contributed by atoms with van der Waals surface area (Å²) in [5.41, 5.74) is 5.62. The molecule has 1 aliphatic rings. The Kier molecular flexibility index (Phi) is 4.09. The molecule has 2 atom stereocenters. The van der Waals surface area contributed by atoms with Gasteiger partial charge in [0.05, 0.1) is 13.7 Å². The standard InChI is InChI=1S/C14H21NO3/c1-17-12-6-2-3-7-13(12)18-11-5-4-8-14(15,9-11)10-16/h2-3,6-7,11,16H,4-5,8-10,15H2,1H3. The number of benzene rings is 1. The molecule has 1 aromatic rings. The Balaban J connectivity index is 2.05. The summed E-state index contributed by atoms with van der Waals surface area (Å²) in [6, 6.07) is 7.60. The molecule has 4 heteroatoms. The lowest BCUT2D eigenvalue weighted by molar-refractivity contribution is 0.0711. The highest BCUT2D eigenvalue weighted by molar-refractivity contribution is 5.39. The van der Waals surface area contributed by atoms with Gasteiger partial charge in [0.2, 0.25) is 0 Å². The third-order valence-electron chi connectivity index (χ3n) is 3.51. The van der Waals surface area contributed by atoms with E-state index < -0.39 is 5.54 Å². The van der Waals surface area contributed by atoms with Gasteiger partial charge in [-0.05, 0) is 31.4 Å². The molecule has 3 N–H and O–H groups in total. The predicted molar refractivity (Wildman–Crippen MR) is 69.9 cm³/mol. The number of rotatable bonds is 4. The van der Waals surface area contributed by atoms with Crippen LogP contribution in [0.5, 0.6) is 11.5 Å². The topological polar surface area (TPSA) is 64.7 Å². The lowest BCUT2D eigenvalue weighted by Crippen LogP contribution is -2.50. The maximum Gasteiger partial charge on any atom is 0.161 e. The lowest BCUT2D eigenvalue weighted by atomic mass is 9.81. The SMILES string of the molecule is COc1ccccc1OC1CCCC(N)(CO)C1. The minimum atomic E-state index is -0.495. The van der Waals surface area contributed by atoms with E-state index in [4.69, 9.17) is 15.2 Å². The van der Waals surface area contributed by atoms with E-state index in [2.05, 4.69) is 0 Å². The summed E-state index contributed by atoms with van der Waals surface area (Å²) in [6.45, 7) is 0.0127. The minimum absolute atomic E-state index is 0.0127. The van der Waals surface area contributed by atoms with Gasteiger partial charge in [0, 0.05) is 12.0 Å². The Morgan fingerprint density at radius 3 is 2.78 bits per heavy atom. The molecule has 0 saturated heterocycles. The molecule has 18 heavy (non-hydrogen) atoms. The number of hydrogen-bond acceptors (Lipinski definition) is 4. The number of methoxy groups -OCH3 is 1. The molecular weight excluding hydrogens is 230 g/mol. The maximum absolute atomic E-state index is 9.33. The molecule has 1 aromatic carbocycles. The van der Waals surface area contributed by atoms with E-state index in [0.29, 0.717) is 6.42 Å². The van der Waals surface area contributed by atoms with Gasteiger partial charge in [-0.15, -0.1) is 0 Å². The number of nitrogens with two attached hydrogens (primary N) is 1. The molecule has 4 nitrogen and oxygen atoms in total. The highest BCUT2D eigenvalue weighted by Gasteiger charge is 2.33.